The number of ether oxygens (including phenoxy) is 1. The molecule has 1 amide bonds. The topological polar surface area (TPSA) is 64.1 Å². The molecule has 0 saturated heterocycles. The summed E-state index contributed by atoms with van der Waals surface area (Å²) >= 11 is 1.58. The van der Waals surface area contributed by atoms with Crippen LogP contribution >= 0.6 is 11.3 Å². The number of amides is 1. The van der Waals surface area contributed by atoms with Gasteiger partial charge in [-0.15, -0.1) is 11.3 Å². The summed E-state index contributed by atoms with van der Waals surface area (Å²) in [5, 5.41) is 5.70. The van der Waals surface area contributed by atoms with Crippen LogP contribution in [0.25, 0.3) is 21.7 Å². The SMILES string of the molecule is CCCCCCCCNC(=O)Oc1cccc(-c2cncc(-c3nccs3)c2)c1. The van der Waals surface area contributed by atoms with Gasteiger partial charge in [-0.25, -0.2) is 9.78 Å². The highest BCUT2D eigenvalue weighted by Crippen LogP contribution is 2.28. The second-order valence-electron chi connectivity index (χ2n) is 6.91. The molecule has 2 aromatic heterocycles. The van der Waals surface area contributed by atoms with E-state index in [2.05, 4.69) is 22.2 Å². The van der Waals surface area contributed by atoms with E-state index in [4.69, 9.17) is 4.74 Å². The Morgan fingerprint density at radius 2 is 1.86 bits per heavy atom. The molecule has 0 unspecified atom stereocenters. The van der Waals surface area contributed by atoms with Crippen LogP contribution in [0.5, 0.6) is 5.75 Å². The van der Waals surface area contributed by atoms with Gasteiger partial charge in [-0.3, -0.25) is 4.98 Å². The zero-order valence-corrected chi connectivity index (χ0v) is 17.6. The van der Waals surface area contributed by atoms with Gasteiger partial charge in [0.1, 0.15) is 10.8 Å². The zero-order chi connectivity index (χ0) is 20.3. The van der Waals surface area contributed by atoms with Crippen molar-refractivity contribution in [2.75, 3.05) is 6.54 Å². The van der Waals surface area contributed by atoms with E-state index in [1.165, 1.54) is 25.7 Å². The maximum atomic E-state index is 12.1. The molecule has 0 aliphatic carbocycles. The number of rotatable bonds is 10. The Morgan fingerprint density at radius 1 is 1.03 bits per heavy atom. The Kier molecular flexibility index (Phi) is 8.19. The number of pyridine rings is 1. The summed E-state index contributed by atoms with van der Waals surface area (Å²) in [7, 11) is 0. The number of carbonyl (C=O) groups excluding carboxylic acids is 1. The monoisotopic (exact) mass is 409 g/mol. The van der Waals surface area contributed by atoms with Crippen LogP contribution in [0, 0.1) is 0 Å². The van der Waals surface area contributed by atoms with Gasteiger partial charge in [0.15, 0.2) is 0 Å². The van der Waals surface area contributed by atoms with E-state index in [0.717, 1.165) is 34.5 Å². The molecule has 29 heavy (non-hydrogen) atoms. The molecule has 0 fully saturated rings. The number of hydrogen-bond acceptors (Lipinski definition) is 5. The third-order valence-corrected chi connectivity index (χ3v) is 5.42. The van der Waals surface area contributed by atoms with Crippen molar-refractivity contribution in [2.24, 2.45) is 0 Å². The summed E-state index contributed by atoms with van der Waals surface area (Å²) in [5.41, 5.74) is 2.87. The van der Waals surface area contributed by atoms with E-state index in [1.54, 1.807) is 36.0 Å². The first-order valence-electron chi connectivity index (χ1n) is 10.2. The van der Waals surface area contributed by atoms with Crippen LogP contribution in [0.4, 0.5) is 4.79 Å². The lowest BCUT2D eigenvalue weighted by Crippen LogP contribution is -2.27. The van der Waals surface area contributed by atoms with Crippen LogP contribution < -0.4 is 10.1 Å². The fourth-order valence-electron chi connectivity index (χ4n) is 3.06. The Bertz CT molecular complexity index is 897. The van der Waals surface area contributed by atoms with Gasteiger partial charge in [-0.2, -0.15) is 0 Å². The molecule has 0 aliphatic rings. The summed E-state index contributed by atoms with van der Waals surface area (Å²) in [4.78, 5) is 20.7. The first-order valence-corrected chi connectivity index (χ1v) is 11.1. The summed E-state index contributed by atoms with van der Waals surface area (Å²) in [6.07, 6.45) is 12.1. The number of unbranched alkanes of at least 4 members (excludes halogenated alkanes) is 5. The Morgan fingerprint density at radius 3 is 2.69 bits per heavy atom. The number of aromatic nitrogens is 2. The molecule has 1 aromatic carbocycles. The maximum absolute atomic E-state index is 12.1. The molecular weight excluding hydrogens is 382 g/mol. The van der Waals surface area contributed by atoms with Crippen molar-refractivity contribution in [1.29, 1.82) is 0 Å². The van der Waals surface area contributed by atoms with Crippen molar-refractivity contribution in [3.63, 3.8) is 0 Å². The average molecular weight is 410 g/mol. The number of hydrogen-bond donors (Lipinski definition) is 1. The van der Waals surface area contributed by atoms with E-state index in [0.29, 0.717) is 12.3 Å². The minimum Gasteiger partial charge on any atom is -0.410 e. The number of nitrogens with zero attached hydrogens (tertiary/aromatic N) is 2. The van der Waals surface area contributed by atoms with Crippen LogP contribution in [0.2, 0.25) is 0 Å². The van der Waals surface area contributed by atoms with Crippen LogP contribution in [0.15, 0.2) is 54.3 Å². The van der Waals surface area contributed by atoms with Gasteiger partial charge in [0, 0.05) is 41.6 Å². The van der Waals surface area contributed by atoms with Crippen molar-refractivity contribution in [1.82, 2.24) is 15.3 Å². The minimum absolute atomic E-state index is 0.412. The van der Waals surface area contributed by atoms with Gasteiger partial charge in [0.2, 0.25) is 0 Å². The smallest absolute Gasteiger partial charge is 0.410 e. The Labute approximate surface area is 176 Å². The molecule has 3 aromatic rings. The summed E-state index contributed by atoms with van der Waals surface area (Å²) < 4.78 is 5.44. The minimum atomic E-state index is -0.412. The van der Waals surface area contributed by atoms with Crippen molar-refractivity contribution >= 4 is 17.4 Å². The molecule has 0 radical (unpaired) electrons. The fourth-order valence-corrected chi connectivity index (χ4v) is 3.68. The highest BCUT2D eigenvalue weighted by Gasteiger charge is 2.08. The zero-order valence-electron chi connectivity index (χ0n) is 16.8. The van der Waals surface area contributed by atoms with E-state index < -0.39 is 6.09 Å². The van der Waals surface area contributed by atoms with Crippen LogP contribution in [0.1, 0.15) is 45.4 Å². The maximum Gasteiger partial charge on any atom is 0.412 e. The molecule has 0 spiro atoms. The molecule has 6 heteroatoms. The number of benzene rings is 1. The molecule has 5 nitrogen and oxygen atoms in total. The molecule has 0 atom stereocenters. The van der Waals surface area contributed by atoms with Gasteiger partial charge in [0.25, 0.3) is 0 Å². The van der Waals surface area contributed by atoms with Crippen LogP contribution in [0.3, 0.4) is 0 Å². The van der Waals surface area contributed by atoms with Crippen LogP contribution in [-0.4, -0.2) is 22.6 Å². The van der Waals surface area contributed by atoms with E-state index in [9.17, 15) is 4.79 Å². The lowest BCUT2D eigenvalue weighted by atomic mass is 10.1. The average Bonchev–Trinajstić information content (AvgIpc) is 3.28. The highest BCUT2D eigenvalue weighted by molar-refractivity contribution is 7.13. The van der Waals surface area contributed by atoms with Crippen molar-refractivity contribution < 1.29 is 9.53 Å². The lowest BCUT2D eigenvalue weighted by molar-refractivity contribution is 0.200. The second-order valence-corrected chi connectivity index (χ2v) is 7.81. The molecule has 0 saturated carbocycles. The predicted molar refractivity (Wildman–Crippen MR) is 118 cm³/mol. The van der Waals surface area contributed by atoms with E-state index in [-0.39, 0.29) is 0 Å². The van der Waals surface area contributed by atoms with Gasteiger partial charge in [-0.05, 0) is 30.2 Å². The molecule has 1 N–H and O–H groups in total. The first-order chi connectivity index (χ1) is 14.3. The molecular formula is C23H27N3O2S. The molecule has 2 heterocycles. The number of thiazole rings is 1. The Hall–Kier alpha value is -2.73. The largest absolute Gasteiger partial charge is 0.412 e. The lowest BCUT2D eigenvalue weighted by Gasteiger charge is -2.09. The molecule has 0 bridgehead atoms. The third kappa shape index (κ3) is 6.68. The molecule has 0 aliphatic heterocycles. The summed E-state index contributed by atoms with van der Waals surface area (Å²) in [6, 6.07) is 9.54. The summed E-state index contributed by atoms with van der Waals surface area (Å²) in [5.74, 6) is 0.516. The van der Waals surface area contributed by atoms with Gasteiger partial charge in [0.05, 0.1) is 0 Å². The van der Waals surface area contributed by atoms with Crippen molar-refractivity contribution in [3.8, 4) is 27.4 Å². The van der Waals surface area contributed by atoms with Gasteiger partial charge in [-0.1, -0.05) is 51.2 Å². The van der Waals surface area contributed by atoms with E-state index >= 15 is 0 Å². The fraction of sp³-hybridized carbons (Fsp3) is 0.348. The van der Waals surface area contributed by atoms with Crippen molar-refractivity contribution in [3.05, 3.63) is 54.3 Å². The van der Waals surface area contributed by atoms with Crippen LogP contribution in [-0.2, 0) is 0 Å². The highest BCUT2D eigenvalue weighted by atomic mass is 32.1. The molecule has 3 rings (SSSR count). The Balaban J connectivity index is 1.53. The molecule has 152 valence electrons. The number of carbonyl (C=O) groups is 1. The second kappa shape index (κ2) is 11.3. The van der Waals surface area contributed by atoms with Crippen molar-refractivity contribution in [2.45, 2.75) is 45.4 Å². The third-order valence-electron chi connectivity index (χ3n) is 4.60. The first kappa shape index (κ1) is 21.0. The number of nitrogens with one attached hydrogen (secondary N) is 1. The quantitative estimate of drug-likeness (QED) is 0.398. The van der Waals surface area contributed by atoms with Gasteiger partial charge < -0.3 is 10.1 Å². The predicted octanol–water partition coefficient (Wildman–Crippen LogP) is 6.32. The van der Waals surface area contributed by atoms with E-state index in [1.807, 2.05) is 29.6 Å². The normalized spacial score (nSPS) is 10.7. The van der Waals surface area contributed by atoms with Gasteiger partial charge >= 0.3 is 6.09 Å². The standard InChI is InChI=1S/C23H27N3O2S/c1-2-3-4-5-6-7-11-26-23(27)28-21-10-8-9-18(15-21)19-14-20(17-24-16-19)22-25-12-13-29-22/h8-10,12-17H,2-7,11H2,1H3,(H,26,27). The summed E-state index contributed by atoms with van der Waals surface area (Å²) in [6.45, 7) is 2.85.